The molecule has 3 heterocycles. The van der Waals surface area contributed by atoms with E-state index in [2.05, 4.69) is 21.4 Å². The Kier molecular flexibility index (Phi) is 4.07. The zero-order valence-electron chi connectivity index (χ0n) is 13.8. The van der Waals surface area contributed by atoms with Gasteiger partial charge in [0.25, 0.3) is 0 Å². The Hall–Kier alpha value is -2.92. The number of amides is 1. The van der Waals surface area contributed by atoms with Crippen LogP contribution in [0.1, 0.15) is 13.9 Å². The highest BCUT2D eigenvalue weighted by Gasteiger charge is 2.16. The second kappa shape index (κ2) is 6.53. The van der Waals surface area contributed by atoms with Crippen molar-refractivity contribution in [2.75, 3.05) is 4.90 Å². The summed E-state index contributed by atoms with van der Waals surface area (Å²) in [4.78, 5) is 21.5. The summed E-state index contributed by atoms with van der Waals surface area (Å²) in [5.74, 6) is 0.0405. The quantitative estimate of drug-likeness (QED) is 0.558. The third-order valence-corrected chi connectivity index (χ3v) is 5.14. The normalized spacial score (nSPS) is 10.9. The molecule has 0 spiro atoms. The van der Waals surface area contributed by atoms with Gasteiger partial charge in [0.15, 0.2) is 0 Å². The number of aromatic nitrogens is 2. The number of hydrogen-bond acceptors (Lipinski definition) is 3. The molecule has 1 N–H and O–H groups in total. The molecule has 0 saturated heterocycles. The molecular weight excluding hydrogens is 330 g/mol. The monoisotopic (exact) mass is 349 g/mol. The van der Waals surface area contributed by atoms with Gasteiger partial charge in [-0.2, -0.15) is 0 Å². The summed E-state index contributed by atoms with van der Waals surface area (Å²) in [6.07, 6.45) is 3.70. The summed E-state index contributed by atoms with van der Waals surface area (Å²) < 4.78 is 0. The summed E-state index contributed by atoms with van der Waals surface area (Å²) in [7, 11) is 0. The molecule has 0 aliphatic rings. The van der Waals surface area contributed by atoms with Crippen molar-refractivity contribution in [1.82, 2.24) is 9.97 Å². The molecule has 126 valence electrons. The number of hydrogen-bond donors (Lipinski definition) is 1. The van der Waals surface area contributed by atoms with E-state index in [1.54, 1.807) is 24.5 Å². The molecule has 0 aliphatic carbocycles. The van der Waals surface area contributed by atoms with Crippen LogP contribution in [0.2, 0.25) is 0 Å². The number of nitrogens with one attached hydrogen (secondary N) is 1. The van der Waals surface area contributed by atoms with E-state index in [0.29, 0.717) is 6.54 Å². The number of H-pyrrole nitrogens is 1. The molecule has 0 aliphatic heterocycles. The Labute approximate surface area is 151 Å². The standard InChI is InChI=1S/C20H17N3OS.H2/c1-14(24)23(12-15-5-3-2-4-6-15)19-11-16(13-25-19)17-7-9-21-20-18(17)8-10-22-20;/h2-11,13H,12H2,1H3,(H,21,22);1H. The Morgan fingerprint density at radius 1 is 1.24 bits per heavy atom. The first-order valence-electron chi connectivity index (χ1n) is 8.05. The molecule has 4 aromatic rings. The van der Waals surface area contributed by atoms with Gasteiger partial charge in [-0.15, -0.1) is 11.3 Å². The van der Waals surface area contributed by atoms with Crippen LogP contribution in [-0.4, -0.2) is 15.9 Å². The van der Waals surface area contributed by atoms with Crippen molar-refractivity contribution in [3.05, 3.63) is 71.9 Å². The summed E-state index contributed by atoms with van der Waals surface area (Å²) in [6.45, 7) is 2.19. The van der Waals surface area contributed by atoms with E-state index in [-0.39, 0.29) is 7.33 Å². The first-order valence-corrected chi connectivity index (χ1v) is 8.93. The number of aromatic amines is 1. The maximum atomic E-state index is 12.2. The number of thiophene rings is 1. The summed E-state index contributed by atoms with van der Waals surface area (Å²) in [6, 6.07) is 16.2. The molecule has 0 bridgehead atoms. The molecule has 0 fully saturated rings. The smallest absolute Gasteiger partial charge is 0.224 e. The van der Waals surface area contributed by atoms with Gasteiger partial charge in [0.2, 0.25) is 5.91 Å². The Bertz CT molecular complexity index is 1030. The van der Waals surface area contributed by atoms with Gasteiger partial charge in [-0.25, -0.2) is 4.98 Å². The van der Waals surface area contributed by atoms with E-state index in [9.17, 15) is 4.79 Å². The summed E-state index contributed by atoms with van der Waals surface area (Å²) in [5.41, 5.74) is 4.21. The number of rotatable bonds is 4. The Morgan fingerprint density at radius 3 is 2.88 bits per heavy atom. The third kappa shape index (κ3) is 3.06. The van der Waals surface area contributed by atoms with E-state index in [1.165, 1.54) is 0 Å². The number of fused-ring (bicyclic) bond motifs is 1. The fraction of sp³-hybridized carbons (Fsp3) is 0.100. The van der Waals surface area contributed by atoms with Crippen LogP contribution in [0.4, 0.5) is 5.00 Å². The zero-order chi connectivity index (χ0) is 17.2. The second-order valence-corrected chi connectivity index (χ2v) is 6.75. The van der Waals surface area contributed by atoms with Crippen molar-refractivity contribution in [2.24, 2.45) is 0 Å². The summed E-state index contributed by atoms with van der Waals surface area (Å²) >= 11 is 1.59. The molecule has 0 radical (unpaired) electrons. The van der Waals surface area contributed by atoms with Gasteiger partial charge in [-0.1, -0.05) is 30.3 Å². The van der Waals surface area contributed by atoms with Crippen LogP contribution < -0.4 is 4.90 Å². The fourth-order valence-corrected chi connectivity index (χ4v) is 3.89. The second-order valence-electron chi connectivity index (χ2n) is 5.86. The molecule has 5 heteroatoms. The van der Waals surface area contributed by atoms with Crippen molar-refractivity contribution in [1.29, 1.82) is 0 Å². The van der Waals surface area contributed by atoms with E-state index in [0.717, 1.165) is 32.7 Å². The third-order valence-electron chi connectivity index (χ3n) is 4.19. The summed E-state index contributed by atoms with van der Waals surface area (Å²) in [5, 5.41) is 4.13. The van der Waals surface area contributed by atoms with Crippen molar-refractivity contribution in [3.63, 3.8) is 0 Å². The van der Waals surface area contributed by atoms with Gasteiger partial charge in [-0.3, -0.25) is 9.69 Å². The molecule has 4 rings (SSSR count). The average molecular weight is 349 g/mol. The minimum absolute atomic E-state index is 0. The lowest BCUT2D eigenvalue weighted by Crippen LogP contribution is -2.26. The SMILES string of the molecule is CC(=O)N(Cc1ccccc1)c1cc(-c2ccnc3[nH]ccc23)cs1.[HH]. The predicted molar refractivity (Wildman–Crippen MR) is 105 cm³/mol. The maximum Gasteiger partial charge on any atom is 0.224 e. The van der Waals surface area contributed by atoms with Crippen molar-refractivity contribution in [2.45, 2.75) is 13.5 Å². The van der Waals surface area contributed by atoms with Crippen LogP contribution in [0.3, 0.4) is 0 Å². The molecular formula is C20H19N3OS. The van der Waals surface area contributed by atoms with Gasteiger partial charge < -0.3 is 4.98 Å². The number of carbonyl (C=O) groups is 1. The molecule has 0 saturated carbocycles. The zero-order valence-corrected chi connectivity index (χ0v) is 14.6. The molecule has 0 unspecified atom stereocenters. The minimum atomic E-state index is 0. The first-order chi connectivity index (χ1) is 12.2. The van der Waals surface area contributed by atoms with Crippen molar-refractivity contribution in [3.8, 4) is 11.1 Å². The average Bonchev–Trinajstić information content (AvgIpc) is 3.29. The molecule has 0 atom stereocenters. The van der Waals surface area contributed by atoms with Gasteiger partial charge in [0.1, 0.15) is 5.65 Å². The number of carbonyl (C=O) groups excluding carboxylic acids is 1. The van der Waals surface area contributed by atoms with Gasteiger partial charge >= 0.3 is 0 Å². The van der Waals surface area contributed by atoms with Crippen LogP contribution in [0, 0.1) is 0 Å². The Balaban J connectivity index is 0.00000196. The highest BCUT2D eigenvalue weighted by molar-refractivity contribution is 7.14. The number of benzene rings is 1. The maximum absolute atomic E-state index is 12.2. The van der Waals surface area contributed by atoms with Crippen LogP contribution in [0.5, 0.6) is 0 Å². The number of nitrogens with zero attached hydrogens (tertiary/aromatic N) is 2. The highest BCUT2D eigenvalue weighted by Crippen LogP contribution is 2.35. The van der Waals surface area contributed by atoms with Crippen LogP contribution in [0.15, 0.2) is 66.3 Å². The first kappa shape index (κ1) is 15.6. The van der Waals surface area contributed by atoms with Crippen LogP contribution in [0.25, 0.3) is 22.2 Å². The molecule has 4 nitrogen and oxygen atoms in total. The minimum Gasteiger partial charge on any atom is -0.346 e. The van der Waals surface area contributed by atoms with Crippen molar-refractivity contribution >= 4 is 33.3 Å². The van der Waals surface area contributed by atoms with Crippen LogP contribution in [-0.2, 0) is 11.3 Å². The molecule has 25 heavy (non-hydrogen) atoms. The van der Waals surface area contributed by atoms with E-state index >= 15 is 0 Å². The lowest BCUT2D eigenvalue weighted by Gasteiger charge is -2.19. The highest BCUT2D eigenvalue weighted by atomic mass is 32.1. The fourth-order valence-electron chi connectivity index (χ4n) is 2.93. The van der Waals surface area contributed by atoms with E-state index in [4.69, 9.17) is 0 Å². The topological polar surface area (TPSA) is 49.0 Å². The lowest BCUT2D eigenvalue weighted by atomic mass is 10.1. The molecule has 1 amide bonds. The predicted octanol–water partition coefficient (Wildman–Crippen LogP) is 5.09. The van der Waals surface area contributed by atoms with Gasteiger partial charge in [-0.05, 0) is 34.9 Å². The lowest BCUT2D eigenvalue weighted by molar-refractivity contribution is -0.116. The Morgan fingerprint density at radius 2 is 2.08 bits per heavy atom. The van der Waals surface area contributed by atoms with E-state index in [1.807, 2.05) is 53.6 Å². The number of anilines is 1. The van der Waals surface area contributed by atoms with Crippen molar-refractivity contribution < 1.29 is 6.22 Å². The number of pyridine rings is 1. The molecule has 3 aromatic heterocycles. The largest absolute Gasteiger partial charge is 0.346 e. The molecule has 1 aromatic carbocycles. The van der Waals surface area contributed by atoms with Crippen LogP contribution >= 0.6 is 11.3 Å². The van der Waals surface area contributed by atoms with Gasteiger partial charge in [0.05, 0.1) is 11.5 Å². The van der Waals surface area contributed by atoms with Gasteiger partial charge in [0, 0.05) is 31.5 Å². The van der Waals surface area contributed by atoms with E-state index < -0.39 is 0 Å².